The number of nitriles is 1. The summed E-state index contributed by atoms with van der Waals surface area (Å²) in [5.74, 6) is 0.928. The molecular formula is C18H20N2O. The summed E-state index contributed by atoms with van der Waals surface area (Å²) in [7, 11) is 3.77. The molecule has 2 rings (SSSR count). The summed E-state index contributed by atoms with van der Waals surface area (Å²) in [6.45, 7) is 2.19. The number of hydrogen-bond donors (Lipinski definition) is 0. The molecule has 0 N–H and O–H groups in total. The third kappa shape index (κ3) is 3.55. The molecule has 108 valence electrons. The predicted molar refractivity (Wildman–Crippen MR) is 85.7 cm³/mol. The van der Waals surface area contributed by atoms with Gasteiger partial charge in [-0.05, 0) is 49.2 Å². The lowest BCUT2D eigenvalue weighted by Crippen LogP contribution is -2.30. The van der Waals surface area contributed by atoms with Gasteiger partial charge in [-0.1, -0.05) is 18.2 Å². The van der Waals surface area contributed by atoms with Crippen molar-refractivity contribution < 1.29 is 4.74 Å². The molecule has 1 atom stereocenters. The summed E-state index contributed by atoms with van der Waals surface area (Å²) < 4.78 is 5.41. The highest BCUT2D eigenvalue weighted by molar-refractivity contribution is 5.50. The molecule has 3 nitrogen and oxygen atoms in total. The van der Waals surface area contributed by atoms with Gasteiger partial charge >= 0.3 is 0 Å². The molecule has 0 bridgehead atoms. The molecule has 2 aromatic carbocycles. The van der Waals surface area contributed by atoms with Gasteiger partial charge < -0.3 is 9.64 Å². The first-order valence-corrected chi connectivity index (χ1v) is 7.00. The lowest BCUT2D eigenvalue weighted by atomic mass is 10.0. The first-order valence-electron chi connectivity index (χ1n) is 7.00. The largest absolute Gasteiger partial charge is 0.496 e. The van der Waals surface area contributed by atoms with E-state index in [0.717, 1.165) is 17.9 Å². The molecule has 0 saturated heterocycles. The van der Waals surface area contributed by atoms with Gasteiger partial charge in [0.2, 0.25) is 0 Å². The number of hydrogen-bond acceptors (Lipinski definition) is 3. The molecule has 0 radical (unpaired) electrons. The van der Waals surface area contributed by atoms with Crippen LogP contribution in [0.2, 0.25) is 0 Å². The van der Waals surface area contributed by atoms with Crippen molar-refractivity contribution in [3.63, 3.8) is 0 Å². The quantitative estimate of drug-likeness (QED) is 0.839. The summed E-state index contributed by atoms with van der Waals surface area (Å²) in [6.07, 6.45) is 0.903. The van der Waals surface area contributed by atoms with Gasteiger partial charge in [-0.3, -0.25) is 0 Å². The van der Waals surface area contributed by atoms with Crippen LogP contribution in [0.1, 0.15) is 18.1 Å². The molecule has 0 heterocycles. The van der Waals surface area contributed by atoms with Crippen LogP contribution in [0.3, 0.4) is 0 Å². The van der Waals surface area contributed by atoms with Gasteiger partial charge in [0.05, 0.1) is 18.7 Å². The molecule has 0 aromatic heterocycles. The topological polar surface area (TPSA) is 36.3 Å². The molecular weight excluding hydrogens is 260 g/mol. The first kappa shape index (κ1) is 14.9. The number of ether oxygens (including phenoxy) is 1. The normalized spacial score (nSPS) is 11.5. The van der Waals surface area contributed by atoms with Crippen LogP contribution in [0.15, 0.2) is 48.5 Å². The van der Waals surface area contributed by atoms with E-state index in [0.29, 0.717) is 11.6 Å². The van der Waals surface area contributed by atoms with Crippen LogP contribution in [0.5, 0.6) is 5.75 Å². The maximum atomic E-state index is 8.85. The standard InChI is InChI=1S/C18H20N2O/c1-14(12-16-6-4-5-7-18(16)21-3)20(2)17-10-8-15(13-19)9-11-17/h4-11,14H,12H2,1-3H3. The fourth-order valence-electron chi connectivity index (χ4n) is 2.35. The van der Waals surface area contributed by atoms with Crippen LogP contribution >= 0.6 is 0 Å². The van der Waals surface area contributed by atoms with Crippen molar-refractivity contribution in [2.75, 3.05) is 19.1 Å². The smallest absolute Gasteiger partial charge is 0.122 e. The first-order chi connectivity index (χ1) is 10.2. The lowest BCUT2D eigenvalue weighted by molar-refractivity contribution is 0.408. The van der Waals surface area contributed by atoms with E-state index in [1.807, 2.05) is 42.5 Å². The van der Waals surface area contributed by atoms with Gasteiger partial charge in [0.25, 0.3) is 0 Å². The van der Waals surface area contributed by atoms with E-state index in [4.69, 9.17) is 10.00 Å². The molecule has 0 saturated carbocycles. The van der Waals surface area contributed by atoms with Gasteiger partial charge in [-0.25, -0.2) is 0 Å². The Morgan fingerprint density at radius 2 is 1.81 bits per heavy atom. The van der Waals surface area contributed by atoms with Crippen molar-refractivity contribution >= 4 is 5.69 Å². The molecule has 0 amide bonds. The Morgan fingerprint density at radius 1 is 1.14 bits per heavy atom. The second kappa shape index (κ2) is 6.81. The van der Waals surface area contributed by atoms with Crippen molar-refractivity contribution in [1.82, 2.24) is 0 Å². The van der Waals surface area contributed by atoms with Crippen molar-refractivity contribution in [2.24, 2.45) is 0 Å². The minimum Gasteiger partial charge on any atom is -0.496 e. The number of para-hydroxylation sites is 1. The fraction of sp³-hybridized carbons (Fsp3) is 0.278. The Balaban J connectivity index is 2.11. The zero-order valence-corrected chi connectivity index (χ0v) is 12.7. The number of methoxy groups -OCH3 is 1. The van der Waals surface area contributed by atoms with Gasteiger partial charge in [0.15, 0.2) is 0 Å². The zero-order valence-electron chi connectivity index (χ0n) is 12.7. The Kier molecular flexibility index (Phi) is 4.84. The van der Waals surface area contributed by atoms with E-state index >= 15 is 0 Å². The fourth-order valence-corrected chi connectivity index (χ4v) is 2.35. The minimum absolute atomic E-state index is 0.328. The van der Waals surface area contributed by atoms with Gasteiger partial charge in [-0.15, -0.1) is 0 Å². The van der Waals surface area contributed by atoms with Crippen LogP contribution in [0.25, 0.3) is 0 Å². The molecule has 21 heavy (non-hydrogen) atoms. The second-order valence-electron chi connectivity index (χ2n) is 5.13. The number of anilines is 1. The Hall–Kier alpha value is -2.47. The summed E-state index contributed by atoms with van der Waals surface area (Å²) in [5.41, 5.74) is 2.99. The summed E-state index contributed by atoms with van der Waals surface area (Å²) in [6, 6.07) is 18.2. The minimum atomic E-state index is 0.328. The molecule has 0 spiro atoms. The third-order valence-electron chi connectivity index (χ3n) is 3.77. The SMILES string of the molecule is COc1ccccc1CC(C)N(C)c1ccc(C#N)cc1. The van der Waals surface area contributed by atoms with Gasteiger partial charge in [0.1, 0.15) is 5.75 Å². The van der Waals surface area contributed by atoms with Crippen LogP contribution in [0.4, 0.5) is 5.69 Å². The Bertz CT molecular complexity index is 628. The van der Waals surface area contributed by atoms with Crippen LogP contribution < -0.4 is 9.64 Å². The number of likely N-dealkylation sites (N-methyl/N-ethyl adjacent to an activating group) is 1. The highest BCUT2D eigenvalue weighted by Crippen LogP contribution is 2.23. The average Bonchev–Trinajstić information content (AvgIpc) is 2.54. The highest BCUT2D eigenvalue weighted by Gasteiger charge is 2.13. The lowest BCUT2D eigenvalue weighted by Gasteiger charge is -2.27. The van der Waals surface area contributed by atoms with E-state index < -0.39 is 0 Å². The summed E-state index contributed by atoms with van der Waals surface area (Å²) in [4.78, 5) is 2.22. The van der Waals surface area contributed by atoms with Gasteiger partial charge in [0, 0.05) is 18.8 Å². The monoisotopic (exact) mass is 280 g/mol. The maximum absolute atomic E-state index is 8.85. The van der Waals surface area contributed by atoms with E-state index in [2.05, 4.69) is 31.0 Å². The van der Waals surface area contributed by atoms with E-state index in [-0.39, 0.29) is 0 Å². The molecule has 1 unspecified atom stereocenters. The van der Waals surface area contributed by atoms with Crippen molar-refractivity contribution in [2.45, 2.75) is 19.4 Å². The number of nitrogens with zero attached hydrogens (tertiary/aromatic N) is 2. The highest BCUT2D eigenvalue weighted by atomic mass is 16.5. The molecule has 0 fully saturated rings. The van der Waals surface area contributed by atoms with Crippen molar-refractivity contribution in [3.8, 4) is 11.8 Å². The molecule has 0 aliphatic heterocycles. The van der Waals surface area contributed by atoms with E-state index in [1.165, 1.54) is 5.56 Å². The molecule has 0 aliphatic carbocycles. The third-order valence-corrected chi connectivity index (χ3v) is 3.77. The number of benzene rings is 2. The van der Waals surface area contributed by atoms with Crippen LogP contribution in [0, 0.1) is 11.3 Å². The zero-order chi connectivity index (χ0) is 15.2. The molecule has 3 heteroatoms. The maximum Gasteiger partial charge on any atom is 0.122 e. The van der Waals surface area contributed by atoms with Crippen molar-refractivity contribution in [1.29, 1.82) is 5.26 Å². The van der Waals surface area contributed by atoms with E-state index in [1.54, 1.807) is 7.11 Å². The Labute approximate surface area is 126 Å². The second-order valence-corrected chi connectivity index (χ2v) is 5.13. The average molecular weight is 280 g/mol. The van der Waals surface area contributed by atoms with Crippen LogP contribution in [-0.4, -0.2) is 20.2 Å². The Morgan fingerprint density at radius 3 is 2.43 bits per heavy atom. The number of rotatable bonds is 5. The van der Waals surface area contributed by atoms with Crippen molar-refractivity contribution in [3.05, 3.63) is 59.7 Å². The predicted octanol–water partition coefficient (Wildman–Crippen LogP) is 3.63. The van der Waals surface area contributed by atoms with E-state index in [9.17, 15) is 0 Å². The summed E-state index contributed by atoms with van der Waals surface area (Å²) >= 11 is 0. The summed E-state index contributed by atoms with van der Waals surface area (Å²) in [5, 5.41) is 8.85. The molecule has 0 aliphatic rings. The van der Waals surface area contributed by atoms with Crippen LogP contribution in [-0.2, 0) is 6.42 Å². The molecule has 2 aromatic rings. The van der Waals surface area contributed by atoms with Gasteiger partial charge in [-0.2, -0.15) is 5.26 Å².